The number of rotatable bonds is 8. The third-order valence-corrected chi connectivity index (χ3v) is 3.53. The average Bonchev–Trinajstić information content (AvgIpc) is 2.22. The maximum Gasteiger partial charge on any atom is 0.475 e. The smallest absolute Gasteiger partial charge is 0.382 e. The van der Waals surface area contributed by atoms with E-state index in [1.807, 2.05) is 41.5 Å². The molecule has 0 spiro atoms. The molecule has 0 fully saturated rings. The standard InChI is InChI=1S/C14H31O5P/c1-12(9-16-8)19-20(15,17-10-13(2,3)4)18-11-14(5,6)7/h12H,9-11H2,1-8H3. The molecule has 1 atom stereocenters. The lowest BCUT2D eigenvalue weighted by molar-refractivity contribution is 0.0226. The molecule has 0 saturated carbocycles. The van der Waals surface area contributed by atoms with Crippen LogP contribution in [0.25, 0.3) is 0 Å². The summed E-state index contributed by atoms with van der Waals surface area (Å²) in [5, 5.41) is 0. The van der Waals surface area contributed by atoms with Crippen LogP contribution in [0.5, 0.6) is 0 Å². The summed E-state index contributed by atoms with van der Waals surface area (Å²) in [6.07, 6.45) is -0.356. The molecule has 6 heteroatoms. The Bertz CT molecular complexity index is 295. The fourth-order valence-corrected chi connectivity index (χ4v) is 2.92. The van der Waals surface area contributed by atoms with Crippen LogP contribution in [0.2, 0.25) is 0 Å². The van der Waals surface area contributed by atoms with Gasteiger partial charge in [-0.3, -0.25) is 13.6 Å². The second-order valence-corrected chi connectivity index (χ2v) is 9.11. The molecule has 0 saturated heterocycles. The van der Waals surface area contributed by atoms with Crippen molar-refractivity contribution >= 4 is 7.82 Å². The van der Waals surface area contributed by atoms with Crippen LogP contribution < -0.4 is 0 Å². The number of hydrogen-bond donors (Lipinski definition) is 0. The summed E-state index contributed by atoms with van der Waals surface area (Å²) in [6.45, 7) is 14.7. The van der Waals surface area contributed by atoms with Crippen LogP contribution in [0, 0.1) is 10.8 Å². The maximum absolute atomic E-state index is 12.7. The number of methoxy groups -OCH3 is 1. The lowest BCUT2D eigenvalue weighted by Crippen LogP contribution is -2.21. The minimum absolute atomic E-state index is 0.116. The molecule has 0 bridgehead atoms. The lowest BCUT2D eigenvalue weighted by atomic mass is 9.99. The zero-order chi connectivity index (χ0) is 16.0. The minimum atomic E-state index is -3.58. The zero-order valence-electron chi connectivity index (χ0n) is 14.2. The molecule has 122 valence electrons. The largest absolute Gasteiger partial charge is 0.475 e. The summed E-state index contributed by atoms with van der Waals surface area (Å²) in [4.78, 5) is 0. The van der Waals surface area contributed by atoms with E-state index in [1.54, 1.807) is 14.0 Å². The Morgan fingerprint density at radius 2 is 1.35 bits per heavy atom. The molecule has 0 heterocycles. The summed E-state index contributed by atoms with van der Waals surface area (Å²) in [7, 11) is -2.01. The van der Waals surface area contributed by atoms with Crippen molar-refractivity contribution in [3.63, 3.8) is 0 Å². The molecule has 0 aliphatic carbocycles. The molecule has 0 aliphatic rings. The molecule has 5 nitrogen and oxygen atoms in total. The zero-order valence-corrected chi connectivity index (χ0v) is 15.1. The van der Waals surface area contributed by atoms with E-state index >= 15 is 0 Å². The molecule has 20 heavy (non-hydrogen) atoms. The summed E-state index contributed by atoms with van der Waals surface area (Å²) in [6, 6.07) is 0. The third-order valence-electron chi connectivity index (χ3n) is 2.02. The van der Waals surface area contributed by atoms with Gasteiger partial charge in [-0.2, -0.15) is 0 Å². The number of hydrogen-bond acceptors (Lipinski definition) is 5. The molecule has 0 aliphatic heterocycles. The van der Waals surface area contributed by atoms with Crippen LogP contribution in [0.3, 0.4) is 0 Å². The number of ether oxygens (including phenoxy) is 1. The third kappa shape index (κ3) is 10.8. The van der Waals surface area contributed by atoms with Crippen molar-refractivity contribution < 1.29 is 22.9 Å². The Hall–Kier alpha value is 0.0700. The molecular formula is C14H31O5P. The van der Waals surface area contributed by atoms with Crippen molar-refractivity contribution in [2.24, 2.45) is 10.8 Å². The molecule has 0 N–H and O–H groups in total. The van der Waals surface area contributed by atoms with Crippen LogP contribution in [0.4, 0.5) is 0 Å². The van der Waals surface area contributed by atoms with Crippen molar-refractivity contribution in [3.8, 4) is 0 Å². The van der Waals surface area contributed by atoms with E-state index in [0.717, 1.165) is 0 Å². The summed E-state index contributed by atoms with van der Waals surface area (Å²) < 4.78 is 34.0. The molecule has 0 aromatic carbocycles. The van der Waals surface area contributed by atoms with Gasteiger partial charge in [0.15, 0.2) is 0 Å². The van der Waals surface area contributed by atoms with Crippen molar-refractivity contribution in [2.45, 2.75) is 54.6 Å². The van der Waals surface area contributed by atoms with Crippen LogP contribution in [0.1, 0.15) is 48.5 Å². The second-order valence-electron chi connectivity index (χ2n) is 7.49. The lowest BCUT2D eigenvalue weighted by Gasteiger charge is -2.27. The van der Waals surface area contributed by atoms with Crippen molar-refractivity contribution in [1.29, 1.82) is 0 Å². The predicted octanol–water partition coefficient (Wildman–Crippen LogP) is 4.27. The van der Waals surface area contributed by atoms with Crippen LogP contribution >= 0.6 is 7.82 Å². The van der Waals surface area contributed by atoms with E-state index in [4.69, 9.17) is 18.3 Å². The first-order chi connectivity index (χ1) is 8.87. The van der Waals surface area contributed by atoms with Crippen LogP contribution in [-0.2, 0) is 22.9 Å². The van der Waals surface area contributed by atoms with E-state index in [0.29, 0.717) is 19.8 Å². The van der Waals surface area contributed by atoms with Gasteiger partial charge in [0, 0.05) is 7.11 Å². The topological polar surface area (TPSA) is 54.0 Å². The van der Waals surface area contributed by atoms with E-state index in [1.165, 1.54) is 0 Å². The Kier molecular flexibility index (Phi) is 7.93. The van der Waals surface area contributed by atoms with Gasteiger partial charge in [0.25, 0.3) is 0 Å². The normalized spacial score (nSPS) is 15.4. The van der Waals surface area contributed by atoms with Gasteiger partial charge in [-0.05, 0) is 17.8 Å². The quantitative estimate of drug-likeness (QED) is 0.627. The molecule has 0 radical (unpaired) electrons. The summed E-state index contributed by atoms with van der Waals surface area (Å²) in [5.41, 5.74) is -0.233. The first kappa shape index (κ1) is 20.1. The molecule has 0 amide bonds. The fraction of sp³-hybridized carbons (Fsp3) is 1.00. The molecule has 1 unspecified atom stereocenters. The summed E-state index contributed by atoms with van der Waals surface area (Å²) >= 11 is 0. The van der Waals surface area contributed by atoms with E-state index in [9.17, 15) is 4.57 Å². The van der Waals surface area contributed by atoms with Crippen molar-refractivity contribution in [3.05, 3.63) is 0 Å². The van der Waals surface area contributed by atoms with Gasteiger partial charge >= 0.3 is 7.82 Å². The van der Waals surface area contributed by atoms with Crippen LogP contribution in [0.15, 0.2) is 0 Å². The van der Waals surface area contributed by atoms with E-state index < -0.39 is 7.82 Å². The van der Waals surface area contributed by atoms with Crippen molar-refractivity contribution in [2.75, 3.05) is 26.9 Å². The molecule has 0 aromatic heterocycles. The monoisotopic (exact) mass is 310 g/mol. The van der Waals surface area contributed by atoms with Gasteiger partial charge in [-0.25, -0.2) is 4.57 Å². The first-order valence-corrected chi connectivity index (χ1v) is 8.39. The SMILES string of the molecule is COCC(C)OP(=O)(OCC(C)(C)C)OCC(C)(C)C. The Labute approximate surface area is 123 Å². The molecule has 0 rings (SSSR count). The Morgan fingerprint density at radius 3 is 1.65 bits per heavy atom. The van der Waals surface area contributed by atoms with Gasteiger partial charge in [-0.1, -0.05) is 41.5 Å². The van der Waals surface area contributed by atoms with Gasteiger partial charge < -0.3 is 4.74 Å². The van der Waals surface area contributed by atoms with E-state index in [-0.39, 0.29) is 16.9 Å². The highest BCUT2D eigenvalue weighted by molar-refractivity contribution is 7.48. The maximum atomic E-state index is 12.7. The highest BCUT2D eigenvalue weighted by Crippen LogP contribution is 2.52. The highest BCUT2D eigenvalue weighted by Gasteiger charge is 2.33. The van der Waals surface area contributed by atoms with Gasteiger partial charge in [0.05, 0.1) is 25.9 Å². The van der Waals surface area contributed by atoms with Crippen molar-refractivity contribution in [1.82, 2.24) is 0 Å². The number of phosphoric ester groups is 1. The highest BCUT2D eigenvalue weighted by atomic mass is 31.2. The van der Waals surface area contributed by atoms with Crippen LogP contribution in [-0.4, -0.2) is 33.0 Å². The Morgan fingerprint density at radius 1 is 0.950 bits per heavy atom. The van der Waals surface area contributed by atoms with E-state index in [2.05, 4.69) is 0 Å². The first-order valence-electron chi connectivity index (χ1n) is 6.93. The second kappa shape index (κ2) is 7.90. The Balaban J connectivity index is 4.70. The minimum Gasteiger partial charge on any atom is -0.382 e. The predicted molar refractivity (Wildman–Crippen MR) is 80.8 cm³/mol. The van der Waals surface area contributed by atoms with Gasteiger partial charge in [0.2, 0.25) is 0 Å². The molecule has 0 aromatic rings. The van der Waals surface area contributed by atoms with Gasteiger partial charge in [-0.15, -0.1) is 0 Å². The molecular weight excluding hydrogens is 279 g/mol. The summed E-state index contributed by atoms with van der Waals surface area (Å²) in [5.74, 6) is 0. The average molecular weight is 310 g/mol. The number of phosphoric acid groups is 1. The van der Waals surface area contributed by atoms with Gasteiger partial charge in [0.1, 0.15) is 0 Å². The fourth-order valence-electron chi connectivity index (χ4n) is 1.13.